The van der Waals surface area contributed by atoms with Gasteiger partial charge in [0.25, 0.3) is 0 Å². The highest BCUT2D eigenvalue weighted by Crippen LogP contribution is 2.37. The highest BCUT2D eigenvalue weighted by atomic mass is 16.6. The number of amides is 1. The third-order valence-electron chi connectivity index (χ3n) is 4.81. The summed E-state index contributed by atoms with van der Waals surface area (Å²) in [5.74, 6) is 0.343. The predicted molar refractivity (Wildman–Crippen MR) is 101 cm³/mol. The Bertz CT molecular complexity index is 625. The van der Waals surface area contributed by atoms with Gasteiger partial charge >= 0.3 is 6.09 Å². The standard InChI is InChI=1S/C21H33NO3/c1-14-8-9-18(21(6,7)24)17(12-14)16-10-11-22(15(2)13-16)19(23)25-20(3,4)5/h8-9,12,15-16,24H,10-11,13H2,1-7H3/t15-,16?/m0/s1. The van der Waals surface area contributed by atoms with Gasteiger partial charge in [0.1, 0.15) is 5.60 Å². The lowest BCUT2D eigenvalue weighted by atomic mass is 9.79. The van der Waals surface area contributed by atoms with E-state index in [0.717, 1.165) is 18.4 Å². The van der Waals surface area contributed by atoms with Crippen LogP contribution in [0.1, 0.15) is 77.0 Å². The van der Waals surface area contributed by atoms with Gasteiger partial charge in [0.15, 0.2) is 0 Å². The molecule has 1 aliphatic heterocycles. The summed E-state index contributed by atoms with van der Waals surface area (Å²) in [6, 6.07) is 6.39. The number of aliphatic hydroxyl groups is 1. The molecule has 1 N–H and O–H groups in total. The molecule has 2 atom stereocenters. The van der Waals surface area contributed by atoms with Gasteiger partial charge in [-0.05, 0) is 78.4 Å². The molecule has 1 unspecified atom stereocenters. The van der Waals surface area contributed by atoms with Crippen LogP contribution in [-0.2, 0) is 10.3 Å². The number of carbonyl (C=O) groups excluding carboxylic acids is 1. The smallest absolute Gasteiger partial charge is 0.410 e. The lowest BCUT2D eigenvalue weighted by Crippen LogP contribution is -2.46. The molecule has 1 fully saturated rings. The topological polar surface area (TPSA) is 49.8 Å². The molecule has 0 bridgehead atoms. The molecular formula is C21H33NO3. The van der Waals surface area contributed by atoms with Gasteiger partial charge in [-0.3, -0.25) is 0 Å². The van der Waals surface area contributed by atoms with E-state index in [4.69, 9.17) is 4.74 Å². The number of piperidine rings is 1. The van der Waals surface area contributed by atoms with Crippen LogP contribution >= 0.6 is 0 Å². The quantitative estimate of drug-likeness (QED) is 0.842. The Morgan fingerprint density at radius 2 is 1.88 bits per heavy atom. The molecule has 1 heterocycles. The molecule has 25 heavy (non-hydrogen) atoms. The average Bonchev–Trinajstić information content (AvgIpc) is 2.43. The van der Waals surface area contributed by atoms with Crippen molar-refractivity contribution in [2.24, 2.45) is 0 Å². The van der Waals surface area contributed by atoms with Crippen LogP contribution < -0.4 is 0 Å². The number of aryl methyl sites for hydroxylation is 1. The largest absolute Gasteiger partial charge is 0.444 e. The zero-order chi connectivity index (χ0) is 19.0. The van der Waals surface area contributed by atoms with Crippen molar-refractivity contribution in [3.05, 3.63) is 34.9 Å². The first-order chi connectivity index (χ1) is 11.4. The molecule has 0 aliphatic carbocycles. The van der Waals surface area contributed by atoms with E-state index in [0.29, 0.717) is 12.5 Å². The van der Waals surface area contributed by atoms with E-state index < -0.39 is 11.2 Å². The summed E-state index contributed by atoms with van der Waals surface area (Å²) in [5.41, 5.74) is 2.06. The Balaban J connectivity index is 2.19. The highest BCUT2D eigenvalue weighted by Gasteiger charge is 2.34. The summed E-state index contributed by atoms with van der Waals surface area (Å²) in [4.78, 5) is 14.2. The first-order valence-corrected chi connectivity index (χ1v) is 9.21. The fraction of sp³-hybridized carbons (Fsp3) is 0.667. The third-order valence-corrected chi connectivity index (χ3v) is 4.81. The van der Waals surface area contributed by atoms with Crippen LogP contribution in [0.2, 0.25) is 0 Å². The predicted octanol–water partition coefficient (Wildman–Crippen LogP) is 4.73. The Labute approximate surface area is 152 Å². The molecule has 2 rings (SSSR count). The van der Waals surface area contributed by atoms with E-state index >= 15 is 0 Å². The van der Waals surface area contributed by atoms with Crippen LogP contribution in [0.5, 0.6) is 0 Å². The summed E-state index contributed by atoms with van der Waals surface area (Å²) >= 11 is 0. The molecule has 0 aromatic heterocycles. The second kappa shape index (κ2) is 6.99. The van der Waals surface area contributed by atoms with Crippen LogP contribution in [0.25, 0.3) is 0 Å². The molecule has 140 valence electrons. The maximum atomic E-state index is 12.4. The molecule has 4 heteroatoms. The summed E-state index contributed by atoms with van der Waals surface area (Å²) in [6.07, 6.45) is 1.53. The molecule has 0 radical (unpaired) electrons. The Hall–Kier alpha value is -1.55. The molecule has 0 saturated carbocycles. The number of carbonyl (C=O) groups is 1. The number of likely N-dealkylation sites (tertiary alicyclic amines) is 1. The monoisotopic (exact) mass is 347 g/mol. The normalized spacial score (nSPS) is 22.0. The Morgan fingerprint density at radius 1 is 1.24 bits per heavy atom. The van der Waals surface area contributed by atoms with Crippen molar-refractivity contribution in [3.8, 4) is 0 Å². The first kappa shape index (κ1) is 19.8. The van der Waals surface area contributed by atoms with Gasteiger partial charge in [-0.1, -0.05) is 23.8 Å². The van der Waals surface area contributed by atoms with Crippen molar-refractivity contribution in [2.45, 2.75) is 84.5 Å². The van der Waals surface area contributed by atoms with Gasteiger partial charge in [-0.25, -0.2) is 4.79 Å². The van der Waals surface area contributed by atoms with Gasteiger partial charge in [0, 0.05) is 12.6 Å². The van der Waals surface area contributed by atoms with Gasteiger partial charge in [0.2, 0.25) is 0 Å². The molecule has 1 aromatic carbocycles. The van der Waals surface area contributed by atoms with Crippen molar-refractivity contribution in [1.82, 2.24) is 4.90 Å². The van der Waals surface area contributed by atoms with Crippen molar-refractivity contribution in [2.75, 3.05) is 6.54 Å². The number of hydrogen-bond donors (Lipinski definition) is 1. The van der Waals surface area contributed by atoms with E-state index in [-0.39, 0.29) is 12.1 Å². The second-order valence-corrected chi connectivity index (χ2v) is 8.89. The van der Waals surface area contributed by atoms with Crippen molar-refractivity contribution >= 4 is 6.09 Å². The lowest BCUT2D eigenvalue weighted by Gasteiger charge is -2.39. The maximum Gasteiger partial charge on any atom is 0.410 e. The zero-order valence-electron chi connectivity index (χ0n) is 16.7. The second-order valence-electron chi connectivity index (χ2n) is 8.89. The number of benzene rings is 1. The van der Waals surface area contributed by atoms with Crippen LogP contribution in [0.15, 0.2) is 18.2 Å². The van der Waals surface area contributed by atoms with E-state index in [2.05, 4.69) is 26.0 Å². The third kappa shape index (κ3) is 4.97. The molecule has 1 amide bonds. The summed E-state index contributed by atoms with van der Waals surface area (Å²) in [6.45, 7) is 14.2. The summed E-state index contributed by atoms with van der Waals surface area (Å²) in [5, 5.41) is 10.5. The zero-order valence-corrected chi connectivity index (χ0v) is 16.7. The van der Waals surface area contributed by atoms with E-state index in [1.807, 2.05) is 45.6 Å². The molecular weight excluding hydrogens is 314 g/mol. The van der Waals surface area contributed by atoms with E-state index in [9.17, 15) is 9.90 Å². The van der Waals surface area contributed by atoms with Gasteiger partial charge in [-0.15, -0.1) is 0 Å². The molecule has 1 aliphatic rings. The van der Waals surface area contributed by atoms with Crippen LogP contribution in [0.3, 0.4) is 0 Å². The lowest BCUT2D eigenvalue weighted by molar-refractivity contribution is 0.00999. The number of rotatable bonds is 2. The van der Waals surface area contributed by atoms with E-state index in [1.165, 1.54) is 11.1 Å². The van der Waals surface area contributed by atoms with Crippen LogP contribution in [0.4, 0.5) is 4.79 Å². The van der Waals surface area contributed by atoms with Crippen molar-refractivity contribution in [3.63, 3.8) is 0 Å². The minimum atomic E-state index is -0.866. The minimum absolute atomic E-state index is 0.115. The molecule has 1 aromatic rings. The molecule has 4 nitrogen and oxygen atoms in total. The SMILES string of the molecule is Cc1ccc(C(C)(C)O)c(C2CCN(C(=O)OC(C)(C)C)[C@@H](C)C2)c1. The van der Waals surface area contributed by atoms with Gasteiger partial charge < -0.3 is 14.7 Å². The molecule has 0 spiro atoms. The maximum absolute atomic E-state index is 12.4. The van der Waals surface area contributed by atoms with Gasteiger partial charge in [0.05, 0.1) is 5.60 Å². The Kier molecular flexibility index (Phi) is 5.53. The number of ether oxygens (including phenoxy) is 1. The summed E-state index contributed by atoms with van der Waals surface area (Å²) < 4.78 is 5.53. The Morgan fingerprint density at radius 3 is 2.40 bits per heavy atom. The fourth-order valence-electron chi connectivity index (χ4n) is 3.62. The average molecular weight is 347 g/mol. The summed E-state index contributed by atoms with van der Waals surface area (Å²) in [7, 11) is 0. The number of nitrogens with zero attached hydrogens (tertiary/aromatic N) is 1. The van der Waals surface area contributed by atoms with Gasteiger partial charge in [-0.2, -0.15) is 0 Å². The van der Waals surface area contributed by atoms with Crippen LogP contribution in [-0.4, -0.2) is 34.3 Å². The van der Waals surface area contributed by atoms with E-state index in [1.54, 1.807) is 0 Å². The first-order valence-electron chi connectivity index (χ1n) is 9.21. The number of hydrogen-bond acceptors (Lipinski definition) is 3. The van der Waals surface area contributed by atoms with Crippen molar-refractivity contribution < 1.29 is 14.6 Å². The van der Waals surface area contributed by atoms with Crippen LogP contribution in [0, 0.1) is 6.92 Å². The minimum Gasteiger partial charge on any atom is -0.444 e. The molecule has 1 saturated heterocycles. The van der Waals surface area contributed by atoms with Crippen molar-refractivity contribution in [1.29, 1.82) is 0 Å². The highest BCUT2D eigenvalue weighted by molar-refractivity contribution is 5.68. The fourth-order valence-corrected chi connectivity index (χ4v) is 3.62.